The predicted molar refractivity (Wildman–Crippen MR) is 69.1 cm³/mol. The van der Waals surface area contributed by atoms with E-state index >= 15 is 0 Å². The van der Waals surface area contributed by atoms with Crippen molar-refractivity contribution >= 4 is 0 Å². The van der Waals surface area contributed by atoms with Crippen LogP contribution in [0.2, 0.25) is 0 Å². The zero-order valence-electron chi connectivity index (χ0n) is 10.9. The second kappa shape index (κ2) is 4.70. The maximum atomic E-state index is 4.22. The lowest BCUT2D eigenvalue weighted by atomic mass is 10.0. The van der Waals surface area contributed by atoms with Gasteiger partial charge >= 0.3 is 0 Å². The average molecular weight is 229 g/mol. The molecule has 0 radical (unpaired) electrons. The minimum Gasteiger partial charge on any atom is -0.315 e. The van der Waals surface area contributed by atoms with E-state index in [4.69, 9.17) is 0 Å². The predicted octanol–water partition coefficient (Wildman–Crippen LogP) is 3.07. The Morgan fingerprint density at radius 2 is 2.00 bits per heavy atom. The highest BCUT2D eigenvalue weighted by Crippen LogP contribution is 2.16. The Labute approximate surface area is 103 Å². The fourth-order valence-electron chi connectivity index (χ4n) is 1.99. The van der Waals surface area contributed by atoms with Crippen LogP contribution in [0, 0.1) is 13.8 Å². The van der Waals surface area contributed by atoms with E-state index in [2.05, 4.69) is 60.7 Å². The number of aromatic nitrogens is 3. The molecule has 0 N–H and O–H groups in total. The van der Waals surface area contributed by atoms with Gasteiger partial charge in [0.1, 0.15) is 12.2 Å². The van der Waals surface area contributed by atoms with Crippen LogP contribution in [0.3, 0.4) is 0 Å². The van der Waals surface area contributed by atoms with Crippen molar-refractivity contribution < 1.29 is 0 Å². The third-order valence-electron chi connectivity index (χ3n) is 3.06. The van der Waals surface area contributed by atoms with Crippen LogP contribution in [0.1, 0.15) is 42.4 Å². The first kappa shape index (κ1) is 11.8. The Balaban J connectivity index is 2.31. The molecule has 3 nitrogen and oxygen atoms in total. The van der Waals surface area contributed by atoms with E-state index in [9.17, 15) is 0 Å². The molecule has 1 aromatic carbocycles. The number of benzene rings is 1. The van der Waals surface area contributed by atoms with Crippen molar-refractivity contribution in [2.45, 2.75) is 40.2 Å². The van der Waals surface area contributed by atoms with Gasteiger partial charge in [0.25, 0.3) is 0 Å². The number of hydrogen-bond acceptors (Lipinski definition) is 2. The van der Waals surface area contributed by atoms with Crippen LogP contribution in [0.25, 0.3) is 0 Å². The third kappa shape index (κ3) is 2.54. The molecule has 0 atom stereocenters. The lowest BCUT2D eigenvalue weighted by Crippen LogP contribution is -2.06. The van der Waals surface area contributed by atoms with Crippen molar-refractivity contribution in [1.29, 1.82) is 0 Å². The summed E-state index contributed by atoms with van der Waals surface area (Å²) in [6, 6.07) is 6.95. The van der Waals surface area contributed by atoms with Crippen LogP contribution in [0.4, 0.5) is 0 Å². The summed E-state index contributed by atoms with van der Waals surface area (Å²) in [4.78, 5) is 0. The minimum absolute atomic E-state index is 0.408. The van der Waals surface area contributed by atoms with Crippen molar-refractivity contribution in [3.8, 4) is 0 Å². The first-order valence-corrected chi connectivity index (χ1v) is 6.02. The molecule has 0 aliphatic rings. The number of rotatable bonds is 3. The Bertz CT molecular complexity index is 512. The summed E-state index contributed by atoms with van der Waals surface area (Å²) in [6.45, 7) is 8.56. The van der Waals surface area contributed by atoms with E-state index in [1.165, 1.54) is 16.7 Å². The average Bonchev–Trinajstić information content (AvgIpc) is 2.71. The standard InChI is InChI=1S/C14H19N3/c1-10(2)17-9-15-16-14(17)8-13-7-11(3)5-6-12(13)4/h5-7,9-10H,8H2,1-4H3. The molecular weight excluding hydrogens is 210 g/mol. The van der Waals surface area contributed by atoms with Gasteiger partial charge in [-0.2, -0.15) is 0 Å². The zero-order valence-corrected chi connectivity index (χ0v) is 10.9. The molecule has 0 aliphatic heterocycles. The van der Waals surface area contributed by atoms with Gasteiger partial charge in [0, 0.05) is 12.5 Å². The van der Waals surface area contributed by atoms with Gasteiger partial charge in [-0.05, 0) is 38.8 Å². The summed E-state index contributed by atoms with van der Waals surface area (Å²) in [6.07, 6.45) is 2.66. The third-order valence-corrected chi connectivity index (χ3v) is 3.06. The molecule has 0 unspecified atom stereocenters. The van der Waals surface area contributed by atoms with Gasteiger partial charge in [-0.15, -0.1) is 10.2 Å². The highest BCUT2D eigenvalue weighted by molar-refractivity contribution is 5.32. The molecular formula is C14H19N3. The molecule has 0 saturated carbocycles. The maximum Gasteiger partial charge on any atom is 0.137 e. The molecule has 17 heavy (non-hydrogen) atoms. The highest BCUT2D eigenvalue weighted by Gasteiger charge is 2.09. The van der Waals surface area contributed by atoms with Gasteiger partial charge in [-0.1, -0.05) is 23.8 Å². The van der Waals surface area contributed by atoms with Crippen LogP contribution in [-0.2, 0) is 6.42 Å². The summed E-state index contributed by atoms with van der Waals surface area (Å²) in [7, 11) is 0. The summed E-state index contributed by atoms with van der Waals surface area (Å²) in [5.41, 5.74) is 3.94. The molecule has 1 heterocycles. The molecule has 0 fully saturated rings. The van der Waals surface area contributed by atoms with E-state index in [-0.39, 0.29) is 0 Å². The van der Waals surface area contributed by atoms with Crippen molar-refractivity contribution in [2.24, 2.45) is 0 Å². The van der Waals surface area contributed by atoms with Gasteiger partial charge in [-0.25, -0.2) is 0 Å². The second-order valence-electron chi connectivity index (χ2n) is 4.85. The van der Waals surface area contributed by atoms with E-state index < -0.39 is 0 Å². The number of hydrogen-bond donors (Lipinski definition) is 0. The molecule has 0 amide bonds. The minimum atomic E-state index is 0.408. The molecule has 0 spiro atoms. The summed E-state index contributed by atoms with van der Waals surface area (Å²) >= 11 is 0. The lowest BCUT2D eigenvalue weighted by Gasteiger charge is -2.11. The van der Waals surface area contributed by atoms with Gasteiger partial charge in [0.2, 0.25) is 0 Å². The fourth-order valence-corrected chi connectivity index (χ4v) is 1.99. The second-order valence-corrected chi connectivity index (χ2v) is 4.85. The molecule has 0 saturated heterocycles. The molecule has 0 aliphatic carbocycles. The van der Waals surface area contributed by atoms with E-state index in [1.54, 1.807) is 0 Å². The molecule has 0 bridgehead atoms. The van der Waals surface area contributed by atoms with Crippen LogP contribution in [0.5, 0.6) is 0 Å². The Morgan fingerprint density at radius 3 is 2.71 bits per heavy atom. The highest BCUT2D eigenvalue weighted by atomic mass is 15.3. The van der Waals surface area contributed by atoms with E-state index in [0.29, 0.717) is 6.04 Å². The Hall–Kier alpha value is -1.64. The van der Waals surface area contributed by atoms with Crippen molar-refractivity contribution in [2.75, 3.05) is 0 Å². The zero-order chi connectivity index (χ0) is 12.4. The smallest absolute Gasteiger partial charge is 0.137 e. The topological polar surface area (TPSA) is 30.7 Å². The monoisotopic (exact) mass is 229 g/mol. The molecule has 2 rings (SSSR count). The summed E-state index contributed by atoms with van der Waals surface area (Å²) in [5.74, 6) is 1.04. The molecule has 3 heteroatoms. The summed E-state index contributed by atoms with van der Waals surface area (Å²) in [5, 5.41) is 8.22. The Morgan fingerprint density at radius 1 is 1.24 bits per heavy atom. The summed E-state index contributed by atoms with van der Waals surface area (Å²) < 4.78 is 2.13. The van der Waals surface area contributed by atoms with Gasteiger partial charge in [0.05, 0.1) is 0 Å². The van der Waals surface area contributed by atoms with Gasteiger partial charge in [0.15, 0.2) is 0 Å². The fraction of sp³-hybridized carbons (Fsp3) is 0.429. The molecule has 90 valence electrons. The quantitative estimate of drug-likeness (QED) is 0.809. The molecule has 2 aromatic rings. The van der Waals surface area contributed by atoms with Crippen LogP contribution < -0.4 is 0 Å². The normalized spacial score (nSPS) is 11.1. The van der Waals surface area contributed by atoms with Crippen molar-refractivity contribution in [3.63, 3.8) is 0 Å². The largest absolute Gasteiger partial charge is 0.315 e. The van der Waals surface area contributed by atoms with Crippen molar-refractivity contribution in [3.05, 3.63) is 47.0 Å². The number of nitrogens with zero attached hydrogens (tertiary/aromatic N) is 3. The van der Waals surface area contributed by atoms with Crippen LogP contribution in [-0.4, -0.2) is 14.8 Å². The van der Waals surface area contributed by atoms with Crippen molar-refractivity contribution in [1.82, 2.24) is 14.8 Å². The Kier molecular flexibility index (Phi) is 3.27. The van der Waals surface area contributed by atoms with Gasteiger partial charge < -0.3 is 4.57 Å². The maximum absolute atomic E-state index is 4.22. The first-order chi connectivity index (χ1) is 8.08. The molecule has 1 aromatic heterocycles. The lowest BCUT2D eigenvalue weighted by molar-refractivity contribution is 0.573. The van der Waals surface area contributed by atoms with Crippen LogP contribution in [0.15, 0.2) is 24.5 Å². The van der Waals surface area contributed by atoms with Crippen LogP contribution >= 0.6 is 0 Å². The number of aryl methyl sites for hydroxylation is 2. The van der Waals surface area contributed by atoms with E-state index in [0.717, 1.165) is 12.2 Å². The van der Waals surface area contributed by atoms with E-state index in [1.807, 2.05) is 6.33 Å². The SMILES string of the molecule is Cc1ccc(C)c(Cc2nncn2C(C)C)c1. The van der Waals surface area contributed by atoms with Gasteiger partial charge in [-0.3, -0.25) is 0 Å². The first-order valence-electron chi connectivity index (χ1n) is 6.02.